The quantitative estimate of drug-likeness (QED) is 0.621. The first-order valence-corrected chi connectivity index (χ1v) is 8.49. The van der Waals surface area contributed by atoms with Crippen LogP contribution in [0, 0.1) is 5.92 Å². The molecule has 2 N–H and O–H groups in total. The number of amides is 1. The molecule has 6 nitrogen and oxygen atoms in total. The van der Waals surface area contributed by atoms with Crippen LogP contribution in [0.15, 0.2) is 27.8 Å². The fourth-order valence-corrected chi connectivity index (χ4v) is 2.83. The molecule has 0 unspecified atom stereocenters. The number of hydrogen-bond donors (Lipinski definition) is 2. The van der Waals surface area contributed by atoms with Crippen molar-refractivity contribution in [3.8, 4) is 0 Å². The average Bonchev–Trinajstić information content (AvgIpc) is 3.06. The number of nitrogens with zero attached hydrogens (tertiary/aromatic N) is 2. The number of carbonyl (C=O) groups is 1. The van der Waals surface area contributed by atoms with Crippen LogP contribution in [0.25, 0.3) is 0 Å². The number of aliphatic imine (C=N–C) groups is 1. The normalized spacial score (nSPS) is 16.4. The lowest BCUT2D eigenvalue weighted by molar-refractivity contribution is -0.130. The van der Waals surface area contributed by atoms with E-state index in [0.717, 1.165) is 57.2 Å². The second kappa shape index (κ2) is 9.22. The van der Waals surface area contributed by atoms with Crippen molar-refractivity contribution < 1.29 is 9.21 Å². The number of guanidine groups is 1. The Morgan fingerprint density at radius 3 is 2.78 bits per heavy atom. The van der Waals surface area contributed by atoms with Gasteiger partial charge in [0.1, 0.15) is 12.3 Å². The average molecular weight is 320 g/mol. The molecule has 0 atom stereocenters. The maximum absolute atomic E-state index is 11.3. The van der Waals surface area contributed by atoms with Crippen LogP contribution in [0.5, 0.6) is 0 Å². The Hall–Kier alpha value is -1.98. The van der Waals surface area contributed by atoms with Crippen LogP contribution in [0.3, 0.4) is 0 Å². The van der Waals surface area contributed by atoms with Gasteiger partial charge in [-0.1, -0.05) is 0 Å². The summed E-state index contributed by atoms with van der Waals surface area (Å²) in [6.07, 6.45) is 4.97. The molecule has 2 heterocycles. The Morgan fingerprint density at radius 1 is 1.39 bits per heavy atom. The van der Waals surface area contributed by atoms with Gasteiger partial charge in [-0.15, -0.1) is 0 Å². The number of rotatable bonds is 6. The zero-order chi connectivity index (χ0) is 16.5. The van der Waals surface area contributed by atoms with Crippen molar-refractivity contribution in [1.82, 2.24) is 15.5 Å². The van der Waals surface area contributed by atoms with Crippen LogP contribution in [0.2, 0.25) is 0 Å². The smallest absolute Gasteiger partial charge is 0.219 e. The van der Waals surface area contributed by atoms with Gasteiger partial charge in [-0.25, -0.2) is 4.99 Å². The topological polar surface area (TPSA) is 69.9 Å². The molecule has 128 valence electrons. The van der Waals surface area contributed by atoms with Gasteiger partial charge < -0.3 is 20.0 Å². The molecule has 0 radical (unpaired) electrons. The second-order valence-corrected chi connectivity index (χ2v) is 5.94. The van der Waals surface area contributed by atoms with Crippen LogP contribution < -0.4 is 10.6 Å². The van der Waals surface area contributed by atoms with Crippen molar-refractivity contribution in [3.05, 3.63) is 24.2 Å². The number of furan rings is 1. The Morgan fingerprint density at radius 2 is 2.17 bits per heavy atom. The highest BCUT2D eigenvalue weighted by molar-refractivity contribution is 5.79. The summed E-state index contributed by atoms with van der Waals surface area (Å²) in [5.74, 6) is 2.57. The van der Waals surface area contributed by atoms with Crippen LogP contribution in [-0.4, -0.2) is 42.9 Å². The summed E-state index contributed by atoms with van der Waals surface area (Å²) in [7, 11) is 0. The minimum Gasteiger partial charge on any atom is -0.467 e. The van der Waals surface area contributed by atoms with Crippen molar-refractivity contribution in [2.45, 2.75) is 39.7 Å². The Balaban J connectivity index is 1.70. The summed E-state index contributed by atoms with van der Waals surface area (Å²) in [5.41, 5.74) is 0. The lowest BCUT2D eigenvalue weighted by Gasteiger charge is -2.31. The van der Waals surface area contributed by atoms with E-state index in [1.165, 1.54) is 0 Å². The standard InChI is InChI=1S/C17H28N4O2/c1-3-18-17(20-13-16-5-4-12-23-16)19-9-6-15-7-10-21(11-8-15)14(2)22/h4-5,12,15H,3,6-11,13H2,1-2H3,(H2,18,19,20). The van der Waals surface area contributed by atoms with Gasteiger partial charge >= 0.3 is 0 Å². The third kappa shape index (κ3) is 5.96. The molecule has 6 heteroatoms. The Kier molecular flexibility index (Phi) is 6.97. The maximum Gasteiger partial charge on any atom is 0.219 e. The summed E-state index contributed by atoms with van der Waals surface area (Å²) >= 11 is 0. The van der Waals surface area contributed by atoms with Gasteiger partial charge in [0.05, 0.1) is 6.26 Å². The van der Waals surface area contributed by atoms with Gasteiger partial charge in [-0.3, -0.25) is 4.79 Å². The molecule has 23 heavy (non-hydrogen) atoms. The predicted octanol–water partition coefficient (Wildman–Crippen LogP) is 1.98. The highest BCUT2D eigenvalue weighted by Crippen LogP contribution is 2.19. The Labute approximate surface area is 138 Å². The van der Waals surface area contributed by atoms with E-state index in [2.05, 4.69) is 22.5 Å². The van der Waals surface area contributed by atoms with E-state index in [1.54, 1.807) is 13.2 Å². The van der Waals surface area contributed by atoms with Crippen molar-refractivity contribution in [1.29, 1.82) is 0 Å². The predicted molar refractivity (Wildman–Crippen MR) is 91.1 cm³/mol. The number of hydrogen-bond acceptors (Lipinski definition) is 3. The van der Waals surface area contributed by atoms with Crippen molar-refractivity contribution in [2.24, 2.45) is 10.9 Å². The van der Waals surface area contributed by atoms with E-state index in [1.807, 2.05) is 17.0 Å². The van der Waals surface area contributed by atoms with E-state index >= 15 is 0 Å². The number of likely N-dealkylation sites (tertiary alicyclic amines) is 1. The molecule has 1 amide bonds. The fourth-order valence-electron chi connectivity index (χ4n) is 2.83. The molecule has 1 aromatic rings. The van der Waals surface area contributed by atoms with Gasteiger partial charge in [0.2, 0.25) is 5.91 Å². The van der Waals surface area contributed by atoms with Crippen molar-refractivity contribution in [2.75, 3.05) is 26.2 Å². The van der Waals surface area contributed by atoms with Crippen LogP contribution in [0.4, 0.5) is 0 Å². The number of nitrogens with one attached hydrogen (secondary N) is 2. The summed E-state index contributed by atoms with van der Waals surface area (Å²) in [5, 5.41) is 6.63. The zero-order valence-corrected chi connectivity index (χ0v) is 14.2. The minimum absolute atomic E-state index is 0.195. The molecule has 0 saturated carbocycles. The molecule has 2 rings (SSSR count). The summed E-state index contributed by atoms with van der Waals surface area (Å²) in [4.78, 5) is 17.8. The molecule has 0 aliphatic carbocycles. The minimum atomic E-state index is 0.195. The lowest BCUT2D eigenvalue weighted by atomic mass is 9.93. The highest BCUT2D eigenvalue weighted by atomic mass is 16.3. The lowest BCUT2D eigenvalue weighted by Crippen LogP contribution is -2.40. The van der Waals surface area contributed by atoms with Crippen LogP contribution in [-0.2, 0) is 11.3 Å². The first-order chi connectivity index (χ1) is 11.2. The van der Waals surface area contributed by atoms with Gasteiger partial charge in [-0.2, -0.15) is 0 Å². The molecule has 1 aliphatic heterocycles. The van der Waals surface area contributed by atoms with Gasteiger partial charge in [-0.05, 0) is 44.2 Å². The van der Waals surface area contributed by atoms with Crippen LogP contribution in [0.1, 0.15) is 38.9 Å². The maximum atomic E-state index is 11.3. The summed E-state index contributed by atoms with van der Waals surface area (Å²) < 4.78 is 5.30. The summed E-state index contributed by atoms with van der Waals surface area (Å²) in [6.45, 7) is 7.77. The monoisotopic (exact) mass is 320 g/mol. The SMILES string of the molecule is CCNC(=NCc1ccco1)NCCC1CCN(C(C)=O)CC1. The third-order valence-electron chi connectivity index (χ3n) is 4.22. The van der Waals surface area contributed by atoms with Gasteiger partial charge in [0.15, 0.2) is 5.96 Å². The molecule has 1 saturated heterocycles. The molecule has 0 bridgehead atoms. The number of carbonyl (C=O) groups excluding carboxylic acids is 1. The molecule has 0 aromatic carbocycles. The third-order valence-corrected chi connectivity index (χ3v) is 4.22. The van der Waals surface area contributed by atoms with Crippen molar-refractivity contribution >= 4 is 11.9 Å². The summed E-state index contributed by atoms with van der Waals surface area (Å²) in [6, 6.07) is 3.80. The van der Waals surface area contributed by atoms with E-state index in [9.17, 15) is 4.79 Å². The fraction of sp³-hybridized carbons (Fsp3) is 0.647. The second-order valence-electron chi connectivity index (χ2n) is 5.94. The van der Waals surface area contributed by atoms with Gasteiger partial charge in [0.25, 0.3) is 0 Å². The van der Waals surface area contributed by atoms with E-state index in [0.29, 0.717) is 12.5 Å². The van der Waals surface area contributed by atoms with E-state index in [-0.39, 0.29) is 5.91 Å². The van der Waals surface area contributed by atoms with Crippen LogP contribution >= 0.6 is 0 Å². The first kappa shape index (κ1) is 17.4. The molecule has 1 fully saturated rings. The molecule has 1 aliphatic rings. The van der Waals surface area contributed by atoms with E-state index < -0.39 is 0 Å². The van der Waals surface area contributed by atoms with Gasteiger partial charge in [0, 0.05) is 33.1 Å². The molecular formula is C17H28N4O2. The molecular weight excluding hydrogens is 292 g/mol. The van der Waals surface area contributed by atoms with Crippen molar-refractivity contribution in [3.63, 3.8) is 0 Å². The highest BCUT2D eigenvalue weighted by Gasteiger charge is 2.20. The zero-order valence-electron chi connectivity index (χ0n) is 14.2. The van der Waals surface area contributed by atoms with E-state index in [4.69, 9.17) is 4.42 Å². The molecule has 1 aromatic heterocycles. The first-order valence-electron chi connectivity index (χ1n) is 8.49. The molecule has 0 spiro atoms. The Bertz CT molecular complexity index is 491. The largest absolute Gasteiger partial charge is 0.467 e. The number of piperidine rings is 1.